The number of benzene rings is 3. The Morgan fingerprint density at radius 3 is 1.86 bits per heavy atom. The number of hydrazine groups is 1. The molecule has 3 aromatic rings. The molecule has 0 atom stereocenters. The van der Waals surface area contributed by atoms with Crippen LogP contribution < -0.4 is 14.8 Å². The van der Waals surface area contributed by atoms with E-state index in [1.807, 2.05) is 78.9 Å². The predicted molar refractivity (Wildman–Crippen MR) is 138 cm³/mol. The van der Waals surface area contributed by atoms with Gasteiger partial charge in [-0.05, 0) is 28.8 Å². The molecule has 3 aromatic carbocycles. The highest BCUT2D eigenvalue weighted by atomic mass is 16.5. The minimum atomic E-state index is 0.0240. The average Bonchev–Trinajstić information content (AvgIpc) is 3.29. The normalized spacial score (nSPS) is 14.7. The zero-order valence-electron chi connectivity index (χ0n) is 20.7. The van der Waals surface area contributed by atoms with Gasteiger partial charge in [0.1, 0.15) is 13.2 Å². The van der Waals surface area contributed by atoms with E-state index < -0.39 is 0 Å². The van der Waals surface area contributed by atoms with Gasteiger partial charge in [-0.3, -0.25) is 4.79 Å². The lowest BCUT2D eigenvalue weighted by Crippen LogP contribution is -2.39. The van der Waals surface area contributed by atoms with Crippen molar-refractivity contribution in [3.8, 4) is 11.5 Å². The number of amides is 1. The van der Waals surface area contributed by atoms with Crippen LogP contribution in [0.4, 0.5) is 0 Å². The molecule has 0 unspecified atom stereocenters. The molecule has 35 heavy (non-hydrogen) atoms. The monoisotopic (exact) mass is 473 g/mol. The Morgan fingerprint density at radius 1 is 0.771 bits per heavy atom. The van der Waals surface area contributed by atoms with Crippen molar-refractivity contribution in [1.29, 1.82) is 0 Å². The fraction of sp³-hybridized carbons (Fsp3) is 0.345. The number of hydrogen-bond donors (Lipinski definition) is 1. The third-order valence-corrected chi connectivity index (χ3v) is 6.20. The first-order valence-corrected chi connectivity index (χ1v) is 12.4. The van der Waals surface area contributed by atoms with E-state index in [4.69, 9.17) is 9.47 Å². The molecular weight excluding hydrogens is 438 g/mol. The number of carbonyl (C=O) groups excluding carboxylic acids is 1. The number of nitrogens with one attached hydrogen (secondary N) is 1. The Bertz CT molecular complexity index is 1060. The minimum absolute atomic E-state index is 0.0240. The third kappa shape index (κ3) is 7.07. The molecule has 6 heteroatoms. The number of hydrogen-bond acceptors (Lipinski definition) is 5. The van der Waals surface area contributed by atoms with Gasteiger partial charge >= 0.3 is 0 Å². The van der Waals surface area contributed by atoms with Gasteiger partial charge in [0, 0.05) is 26.2 Å². The summed E-state index contributed by atoms with van der Waals surface area (Å²) < 4.78 is 12.2. The second-order valence-electron chi connectivity index (χ2n) is 8.78. The summed E-state index contributed by atoms with van der Waals surface area (Å²) in [4.78, 5) is 12.8. The molecule has 0 saturated carbocycles. The highest BCUT2D eigenvalue weighted by Gasteiger charge is 2.28. The van der Waals surface area contributed by atoms with Gasteiger partial charge in [0.15, 0.2) is 11.5 Å². The van der Waals surface area contributed by atoms with Crippen molar-refractivity contribution in [3.63, 3.8) is 0 Å². The van der Waals surface area contributed by atoms with Crippen molar-refractivity contribution in [1.82, 2.24) is 15.3 Å². The van der Waals surface area contributed by atoms with Gasteiger partial charge in [0.2, 0.25) is 5.91 Å². The van der Waals surface area contributed by atoms with Gasteiger partial charge in [0.05, 0.1) is 12.5 Å². The first-order chi connectivity index (χ1) is 17.1. The third-order valence-electron chi connectivity index (χ3n) is 6.20. The zero-order valence-corrected chi connectivity index (χ0v) is 20.7. The van der Waals surface area contributed by atoms with E-state index in [1.54, 1.807) is 0 Å². The first-order valence-electron chi connectivity index (χ1n) is 12.4. The highest BCUT2D eigenvalue weighted by Crippen LogP contribution is 2.30. The fourth-order valence-electron chi connectivity index (χ4n) is 4.38. The molecule has 4 rings (SSSR count). The first kappa shape index (κ1) is 24.8. The Kier molecular flexibility index (Phi) is 8.76. The van der Waals surface area contributed by atoms with Crippen LogP contribution in [0.3, 0.4) is 0 Å². The van der Waals surface area contributed by atoms with Crippen molar-refractivity contribution >= 4 is 5.91 Å². The van der Waals surface area contributed by atoms with E-state index >= 15 is 0 Å². The van der Waals surface area contributed by atoms with E-state index in [1.165, 1.54) is 0 Å². The van der Waals surface area contributed by atoms with Crippen molar-refractivity contribution in [2.75, 3.05) is 26.2 Å². The Hall–Kier alpha value is -3.35. The zero-order chi connectivity index (χ0) is 24.5. The molecule has 1 aliphatic rings. The van der Waals surface area contributed by atoms with Crippen LogP contribution in [-0.4, -0.2) is 48.1 Å². The lowest BCUT2D eigenvalue weighted by atomic mass is 10.1. The van der Waals surface area contributed by atoms with Crippen LogP contribution in [0.1, 0.15) is 30.5 Å². The number of rotatable bonds is 11. The molecule has 1 heterocycles. The summed E-state index contributed by atoms with van der Waals surface area (Å²) >= 11 is 0. The van der Waals surface area contributed by atoms with Crippen molar-refractivity contribution in [2.45, 2.75) is 39.5 Å². The minimum Gasteiger partial charge on any atom is -0.485 e. The van der Waals surface area contributed by atoms with Crippen LogP contribution in [0.5, 0.6) is 11.5 Å². The quantitative estimate of drug-likeness (QED) is 0.446. The molecule has 1 saturated heterocycles. The fourth-order valence-corrected chi connectivity index (χ4v) is 4.38. The maximum atomic E-state index is 12.8. The molecule has 1 N–H and O–H groups in total. The summed E-state index contributed by atoms with van der Waals surface area (Å²) in [5.74, 6) is 1.34. The van der Waals surface area contributed by atoms with Crippen LogP contribution in [0.15, 0.2) is 78.9 Å². The number of ether oxygens (including phenoxy) is 2. The topological polar surface area (TPSA) is 54.0 Å². The maximum absolute atomic E-state index is 12.8. The van der Waals surface area contributed by atoms with Gasteiger partial charge in [-0.25, -0.2) is 10.0 Å². The Morgan fingerprint density at radius 2 is 1.31 bits per heavy atom. The second-order valence-corrected chi connectivity index (χ2v) is 8.78. The summed E-state index contributed by atoms with van der Waals surface area (Å²) in [6.07, 6.45) is 0.301. The lowest BCUT2D eigenvalue weighted by Gasteiger charge is -2.24. The average molecular weight is 474 g/mol. The molecule has 0 aromatic heterocycles. The Labute approximate surface area is 208 Å². The van der Waals surface area contributed by atoms with Crippen molar-refractivity contribution in [2.24, 2.45) is 0 Å². The van der Waals surface area contributed by atoms with Gasteiger partial charge in [-0.2, -0.15) is 0 Å². The van der Waals surface area contributed by atoms with Crippen LogP contribution >= 0.6 is 0 Å². The molecule has 0 radical (unpaired) electrons. The highest BCUT2D eigenvalue weighted by molar-refractivity contribution is 5.79. The molecule has 1 fully saturated rings. The van der Waals surface area contributed by atoms with Gasteiger partial charge in [0.25, 0.3) is 0 Å². The van der Waals surface area contributed by atoms with E-state index in [9.17, 15) is 4.79 Å². The number of carbonyl (C=O) groups is 1. The Balaban J connectivity index is 1.42. The summed E-state index contributed by atoms with van der Waals surface area (Å²) in [6.45, 7) is 8.78. The summed E-state index contributed by atoms with van der Waals surface area (Å²) in [7, 11) is 0. The van der Waals surface area contributed by atoms with Crippen LogP contribution in [0.25, 0.3) is 0 Å². The maximum Gasteiger partial charge on any atom is 0.224 e. The SMILES string of the molecule is CCN1CC(NC(=O)Cc2ccc(OCc3ccccc3)c(OCc3ccccc3)c2)CN1CC. The largest absolute Gasteiger partial charge is 0.485 e. The summed E-state index contributed by atoms with van der Waals surface area (Å²) in [5, 5.41) is 7.78. The van der Waals surface area contributed by atoms with E-state index in [-0.39, 0.29) is 11.9 Å². The smallest absolute Gasteiger partial charge is 0.224 e. The predicted octanol–water partition coefficient (Wildman–Crippen LogP) is 4.44. The summed E-state index contributed by atoms with van der Waals surface area (Å²) in [6, 6.07) is 26.0. The van der Waals surface area contributed by atoms with Crippen LogP contribution in [0.2, 0.25) is 0 Å². The van der Waals surface area contributed by atoms with Crippen LogP contribution in [-0.2, 0) is 24.4 Å². The van der Waals surface area contributed by atoms with E-state index in [0.717, 1.165) is 42.9 Å². The summed E-state index contributed by atoms with van der Waals surface area (Å²) in [5.41, 5.74) is 3.06. The van der Waals surface area contributed by atoms with Crippen LogP contribution in [0, 0.1) is 0 Å². The standard InChI is InChI=1S/C29H35N3O3/c1-3-31-19-26(20-32(31)4-2)30-29(33)18-25-15-16-27(34-21-23-11-7-5-8-12-23)28(17-25)35-22-24-13-9-6-10-14-24/h5-17,26H,3-4,18-22H2,1-2H3,(H,30,33). The van der Waals surface area contributed by atoms with Crippen molar-refractivity contribution < 1.29 is 14.3 Å². The van der Waals surface area contributed by atoms with Gasteiger partial charge < -0.3 is 14.8 Å². The molecular formula is C29H35N3O3. The van der Waals surface area contributed by atoms with Crippen molar-refractivity contribution in [3.05, 3.63) is 95.6 Å². The molecule has 0 spiro atoms. The molecule has 0 aliphatic carbocycles. The van der Waals surface area contributed by atoms with Gasteiger partial charge in [-0.1, -0.05) is 80.6 Å². The van der Waals surface area contributed by atoms with E-state index in [0.29, 0.717) is 31.1 Å². The number of nitrogens with zero attached hydrogens (tertiary/aromatic N) is 2. The molecule has 184 valence electrons. The molecule has 1 amide bonds. The molecule has 1 aliphatic heterocycles. The number of likely N-dealkylation sites (N-methyl/N-ethyl adjacent to an activating group) is 2. The molecule has 0 bridgehead atoms. The lowest BCUT2D eigenvalue weighted by molar-refractivity contribution is -0.121. The second kappa shape index (κ2) is 12.4. The molecule has 6 nitrogen and oxygen atoms in total. The van der Waals surface area contributed by atoms with E-state index in [2.05, 4.69) is 29.2 Å². The van der Waals surface area contributed by atoms with Gasteiger partial charge in [-0.15, -0.1) is 0 Å².